The Morgan fingerprint density at radius 3 is 2.75 bits per heavy atom. The van der Waals surface area contributed by atoms with Crippen molar-refractivity contribution in [3.8, 4) is 0 Å². The Labute approximate surface area is 122 Å². The van der Waals surface area contributed by atoms with Crippen LogP contribution < -0.4 is 10.6 Å². The summed E-state index contributed by atoms with van der Waals surface area (Å²) in [5.41, 5.74) is 1.15. The molecule has 1 aromatic heterocycles. The molecule has 0 atom stereocenters. The van der Waals surface area contributed by atoms with Crippen molar-refractivity contribution in [2.24, 2.45) is 0 Å². The quantitative estimate of drug-likeness (QED) is 0.668. The maximum Gasteiger partial charge on any atom is 0.337 e. The minimum absolute atomic E-state index is 0.391. The fourth-order valence-corrected chi connectivity index (χ4v) is 1.78. The van der Waals surface area contributed by atoms with Crippen molar-refractivity contribution in [2.45, 2.75) is 0 Å². The summed E-state index contributed by atoms with van der Waals surface area (Å²) in [5, 5.41) is 6.32. The van der Waals surface area contributed by atoms with Crippen molar-refractivity contribution in [1.29, 1.82) is 0 Å². The molecular formula is C14H13N3O2S. The molecule has 1 aromatic carbocycles. The van der Waals surface area contributed by atoms with E-state index in [1.165, 1.54) is 7.11 Å². The van der Waals surface area contributed by atoms with E-state index in [1.54, 1.807) is 36.5 Å². The number of rotatable bonds is 3. The van der Waals surface area contributed by atoms with Gasteiger partial charge in [-0.05, 0) is 42.5 Å². The van der Waals surface area contributed by atoms with Crippen molar-refractivity contribution in [1.82, 2.24) is 4.98 Å². The Kier molecular flexibility index (Phi) is 4.62. The minimum Gasteiger partial charge on any atom is -0.465 e. The lowest BCUT2D eigenvalue weighted by atomic mass is 10.2. The van der Waals surface area contributed by atoms with E-state index in [1.807, 2.05) is 12.1 Å². The number of carbonyl (C=O) groups excluding carboxylic acids is 1. The van der Waals surface area contributed by atoms with Crippen LogP contribution in [0, 0.1) is 0 Å². The molecule has 2 aromatic rings. The summed E-state index contributed by atoms with van der Waals surface area (Å²) in [6.45, 7) is 0. The summed E-state index contributed by atoms with van der Waals surface area (Å²) >= 11 is 5.18. The van der Waals surface area contributed by atoms with Crippen LogP contribution in [0.4, 0.5) is 11.5 Å². The average Bonchev–Trinajstić information content (AvgIpc) is 2.47. The van der Waals surface area contributed by atoms with Gasteiger partial charge in [0.1, 0.15) is 5.82 Å². The van der Waals surface area contributed by atoms with E-state index < -0.39 is 5.97 Å². The first-order valence-electron chi connectivity index (χ1n) is 5.86. The van der Waals surface area contributed by atoms with Gasteiger partial charge in [0.15, 0.2) is 5.11 Å². The molecule has 0 bridgehead atoms. The minimum atomic E-state index is -0.391. The lowest BCUT2D eigenvalue weighted by molar-refractivity contribution is 0.0601. The molecule has 2 rings (SSSR count). The number of carbonyl (C=O) groups is 1. The van der Waals surface area contributed by atoms with E-state index in [0.717, 1.165) is 0 Å². The molecule has 0 saturated carbocycles. The van der Waals surface area contributed by atoms with Gasteiger partial charge in [-0.1, -0.05) is 12.1 Å². The number of esters is 1. The van der Waals surface area contributed by atoms with E-state index in [4.69, 9.17) is 12.2 Å². The molecule has 6 heteroatoms. The highest BCUT2D eigenvalue weighted by Crippen LogP contribution is 2.12. The number of thiocarbonyl (C=S) groups is 1. The number of nitrogens with one attached hydrogen (secondary N) is 2. The monoisotopic (exact) mass is 287 g/mol. The van der Waals surface area contributed by atoms with Crippen LogP contribution >= 0.6 is 12.2 Å². The Morgan fingerprint density at radius 1 is 1.20 bits per heavy atom. The van der Waals surface area contributed by atoms with E-state index in [2.05, 4.69) is 20.4 Å². The van der Waals surface area contributed by atoms with Gasteiger partial charge in [0.05, 0.1) is 12.7 Å². The van der Waals surface area contributed by atoms with E-state index in [0.29, 0.717) is 22.2 Å². The fourth-order valence-electron chi connectivity index (χ4n) is 1.56. The standard InChI is InChI=1S/C14H13N3O2S/c1-19-13(18)10-5-4-6-11(9-10)16-14(20)17-12-7-2-3-8-15-12/h2-9H,1H3,(H2,15,16,17,20). The Balaban J connectivity index is 2.03. The number of pyridine rings is 1. The van der Waals surface area contributed by atoms with Crippen LogP contribution in [-0.4, -0.2) is 23.2 Å². The molecule has 0 spiro atoms. The maximum atomic E-state index is 11.4. The molecule has 20 heavy (non-hydrogen) atoms. The number of hydrogen-bond acceptors (Lipinski definition) is 4. The zero-order valence-electron chi connectivity index (χ0n) is 10.8. The SMILES string of the molecule is COC(=O)c1cccc(NC(=S)Nc2ccccn2)c1. The van der Waals surface area contributed by atoms with Gasteiger partial charge in [-0.2, -0.15) is 0 Å². The number of benzene rings is 1. The molecular weight excluding hydrogens is 274 g/mol. The third-order valence-corrected chi connectivity index (χ3v) is 2.65. The largest absolute Gasteiger partial charge is 0.465 e. The van der Waals surface area contributed by atoms with Gasteiger partial charge in [-0.3, -0.25) is 0 Å². The molecule has 0 unspecified atom stereocenters. The van der Waals surface area contributed by atoms with Crippen molar-refractivity contribution in [3.05, 3.63) is 54.2 Å². The molecule has 0 aliphatic heterocycles. The number of anilines is 2. The lowest BCUT2D eigenvalue weighted by Crippen LogP contribution is -2.19. The van der Waals surface area contributed by atoms with Gasteiger partial charge in [0.25, 0.3) is 0 Å². The first kappa shape index (κ1) is 14.0. The highest BCUT2D eigenvalue weighted by molar-refractivity contribution is 7.80. The van der Waals surface area contributed by atoms with Crippen LogP contribution in [0.5, 0.6) is 0 Å². The molecule has 2 N–H and O–H groups in total. The van der Waals surface area contributed by atoms with Crippen LogP contribution in [-0.2, 0) is 4.74 Å². The van der Waals surface area contributed by atoms with Crippen molar-refractivity contribution in [2.75, 3.05) is 17.7 Å². The second kappa shape index (κ2) is 6.63. The molecule has 0 radical (unpaired) electrons. The molecule has 5 nitrogen and oxygen atoms in total. The summed E-state index contributed by atoms with van der Waals surface area (Å²) in [6, 6.07) is 12.4. The second-order valence-electron chi connectivity index (χ2n) is 3.87. The normalized spacial score (nSPS) is 9.65. The van der Waals surface area contributed by atoms with Gasteiger partial charge in [-0.25, -0.2) is 9.78 Å². The van der Waals surface area contributed by atoms with Crippen LogP contribution in [0.15, 0.2) is 48.7 Å². The summed E-state index contributed by atoms with van der Waals surface area (Å²) in [4.78, 5) is 15.5. The molecule has 1 heterocycles. The third kappa shape index (κ3) is 3.76. The maximum absolute atomic E-state index is 11.4. The number of aromatic nitrogens is 1. The van der Waals surface area contributed by atoms with Gasteiger partial charge >= 0.3 is 5.97 Å². The first-order valence-corrected chi connectivity index (χ1v) is 6.27. The number of ether oxygens (including phenoxy) is 1. The molecule has 0 aliphatic carbocycles. The van der Waals surface area contributed by atoms with Gasteiger partial charge in [0, 0.05) is 11.9 Å². The highest BCUT2D eigenvalue weighted by Gasteiger charge is 2.06. The predicted molar refractivity (Wildman–Crippen MR) is 81.9 cm³/mol. The zero-order valence-corrected chi connectivity index (χ0v) is 11.6. The number of hydrogen-bond donors (Lipinski definition) is 2. The average molecular weight is 287 g/mol. The van der Waals surface area contributed by atoms with Gasteiger partial charge in [0.2, 0.25) is 0 Å². The number of nitrogens with zero attached hydrogens (tertiary/aromatic N) is 1. The summed E-state index contributed by atoms with van der Waals surface area (Å²) < 4.78 is 4.67. The third-order valence-electron chi connectivity index (χ3n) is 2.45. The first-order chi connectivity index (χ1) is 9.69. The van der Waals surface area contributed by atoms with Crippen LogP contribution in [0.25, 0.3) is 0 Å². The van der Waals surface area contributed by atoms with E-state index in [-0.39, 0.29) is 0 Å². The molecule has 102 valence electrons. The molecule has 0 saturated heterocycles. The smallest absolute Gasteiger partial charge is 0.337 e. The van der Waals surface area contributed by atoms with Gasteiger partial charge < -0.3 is 15.4 Å². The van der Waals surface area contributed by atoms with Crippen LogP contribution in [0.2, 0.25) is 0 Å². The fraction of sp³-hybridized carbons (Fsp3) is 0.0714. The zero-order chi connectivity index (χ0) is 14.4. The molecule has 0 fully saturated rings. The summed E-state index contributed by atoms with van der Waals surface area (Å²) in [5.74, 6) is 0.256. The second-order valence-corrected chi connectivity index (χ2v) is 4.27. The van der Waals surface area contributed by atoms with Crippen LogP contribution in [0.3, 0.4) is 0 Å². The number of methoxy groups -OCH3 is 1. The highest BCUT2D eigenvalue weighted by atomic mass is 32.1. The molecule has 0 aliphatic rings. The Bertz CT molecular complexity index is 617. The van der Waals surface area contributed by atoms with Crippen molar-refractivity contribution < 1.29 is 9.53 Å². The predicted octanol–water partition coefficient (Wildman–Crippen LogP) is 2.68. The van der Waals surface area contributed by atoms with Crippen LogP contribution in [0.1, 0.15) is 10.4 Å². The van der Waals surface area contributed by atoms with Crippen molar-refractivity contribution >= 4 is 34.8 Å². The topological polar surface area (TPSA) is 63.2 Å². The van der Waals surface area contributed by atoms with E-state index in [9.17, 15) is 4.79 Å². The summed E-state index contributed by atoms with van der Waals surface area (Å²) in [6.07, 6.45) is 1.67. The van der Waals surface area contributed by atoms with Gasteiger partial charge in [-0.15, -0.1) is 0 Å². The Hall–Kier alpha value is -2.47. The van der Waals surface area contributed by atoms with E-state index >= 15 is 0 Å². The Morgan fingerprint density at radius 2 is 2.05 bits per heavy atom. The lowest BCUT2D eigenvalue weighted by Gasteiger charge is -2.10. The molecule has 0 amide bonds. The van der Waals surface area contributed by atoms with Crippen molar-refractivity contribution in [3.63, 3.8) is 0 Å². The summed E-state index contributed by atoms with van der Waals surface area (Å²) in [7, 11) is 1.34.